The molecule has 0 spiro atoms. The molecular formula is C15H22O. The Bertz CT molecular complexity index is 311. The van der Waals surface area contributed by atoms with Gasteiger partial charge in [-0.2, -0.15) is 0 Å². The number of aromatic hydroxyl groups is 1. The van der Waals surface area contributed by atoms with Crippen LogP contribution < -0.4 is 0 Å². The van der Waals surface area contributed by atoms with Gasteiger partial charge in [-0.1, -0.05) is 63.1 Å². The number of rotatable bonds is 2. The number of para-hydroxylation sites is 1. The van der Waals surface area contributed by atoms with E-state index in [2.05, 4.69) is 6.07 Å². The number of hydrogen-bond donors (Lipinski definition) is 1. The van der Waals surface area contributed by atoms with E-state index < -0.39 is 0 Å². The van der Waals surface area contributed by atoms with Crippen molar-refractivity contribution in [3.8, 4) is 5.75 Å². The summed E-state index contributed by atoms with van der Waals surface area (Å²) < 4.78 is 0. The van der Waals surface area contributed by atoms with Gasteiger partial charge in [0.1, 0.15) is 5.75 Å². The highest BCUT2D eigenvalue weighted by Gasteiger charge is 2.13. The molecule has 0 aromatic heterocycles. The van der Waals surface area contributed by atoms with Crippen LogP contribution in [0.25, 0.3) is 0 Å². The molecule has 1 N–H and O–H groups in total. The maximum atomic E-state index is 9.77. The first-order valence-corrected chi connectivity index (χ1v) is 6.63. The van der Waals surface area contributed by atoms with Crippen molar-refractivity contribution in [2.75, 3.05) is 0 Å². The fourth-order valence-electron chi connectivity index (χ4n) is 2.74. The van der Waals surface area contributed by atoms with Crippen LogP contribution >= 0.6 is 0 Å². The molecular weight excluding hydrogens is 196 g/mol. The van der Waals surface area contributed by atoms with Crippen LogP contribution in [0.3, 0.4) is 0 Å². The van der Waals surface area contributed by atoms with Crippen LogP contribution in [0, 0.1) is 5.92 Å². The smallest absolute Gasteiger partial charge is 0.118 e. The van der Waals surface area contributed by atoms with Crippen LogP contribution in [0.1, 0.15) is 50.5 Å². The predicted octanol–water partition coefficient (Wildman–Crippen LogP) is 4.30. The van der Waals surface area contributed by atoms with Crippen LogP contribution in [0.5, 0.6) is 5.75 Å². The molecule has 0 aliphatic heterocycles. The summed E-state index contributed by atoms with van der Waals surface area (Å²) in [5.41, 5.74) is 1.13. The second-order valence-corrected chi connectivity index (χ2v) is 5.04. The van der Waals surface area contributed by atoms with Crippen molar-refractivity contribution in [2.24, 2.45) is 5.92 Å². The highest BCUT2D eigenvalue weighted by Crippen LogP contribution is 2.28. The molecule has 1 fully saturated rings. The topological polar surface area (TPSA) is 20.2 Å². The lowest BCUT2D eigenvalue weighted by atomic mass is 9.86. The summed E-state index contributed by atoms with van der Waals surface area (Å²) in [6.45, 7) is 0. The van der Waals surface area contributed by atoms with Crippen molar-refractivity contribution in [3.63, 3.8) is 0 Å². The van der Waals surface area contributed by atoms with Crippen molar-refractivity contribution in [1.29, 1.82) is 0 Å². The molecule has 0 amide bonds. The molecule has 2 rings (SSSR count). The lowest BCUT2D eigenvalue weighted by Crippen LogP contribution is -2.07. The number of phenolic OH excluding ortho intramolecular Hbond substituents is 1. The average Bonchev–Trinajstić information content (AvgIpc) is 2.24. The molecule has 1 aliphatic carbocycles. The minimum Gasteiger partial charge on any atom is -0.508 e. The summed E-state index contributed by atoms with van der Waals surface area (Å²) >= 11 is 0. The SMILES string of the molecule is Oc1ccccc1CC1CCCCCCC1. The molecule has 0 saturated heterocycles. The van der Waals surface area contributed by atoms with E-state index in [9.17, 15) is 5.11 Å². The fourth-order valence-corrected chi connectivity index (χ4v) is 2.74. The molecule has 0 unspecified atom stereocenters. The maximum absolute atomic E-state index is 9.77. The van der Waals surface area contributed by atoms with Gasteiger partial charge in [0.2, 0.25) is 0 Å². The van der Waals surface area contributed by atoms with Crippen LogP contribution in [0.15, 0.2) is 24.3 Å². The van der Waals surface area contributed by atoms with Gasteiger partial charge < -0.3 is 5.11 Å². The number of phenols is 1. The van der Waals surface area contributed by atoms with Crippen molar-refractivity contribution in [3.05, 3.63) is 29.8 Å². The standard InChI is InChI=1S/C15H22O/c16-15-11-7-6-10-14(15)12-13-8-4-2-1-3-5-9-13/h6-7,10-11,13,16H,1-5,8-9,12H2. The van der Waals surface area contributed by atoms with Gasteiger partial charge in [-0.05, 0) is 24.0 Å². The van der Waals surface area contributed by atoms with E-state index in [4.69, 9.17) is 0 Å². The summed E-state index contributed by atoms with van der Waals surface area (Å²) in [5, 5.41) is 9.77. The molecule has 1 aromatic rings. The van der Waals surface area contributed by atoms with E-state index in [1.54, 1.807) is 6.07 Å². The van der Waals surface area contributed by atoms with E-state index in [0.29, 0.717) is 5.75 Å². The van der Waals surface area contributed by atoms with Crippen molar-refractivity contribution >= 4 is 0 Å². The van der Waals surface area contributed by atoms with Crippen LogP contribution in [0.2, 0.25) is 0 Å². The summed E-state index contributed by atoms with van der Waals surface area (Å²) in [6.07, 6.45) is 10.7. The number of hydrogen-bond acceptors (Lipinski definition) is 1. The third-order valence-corrected chi connectivity index (χ3v) is 3.72. The monoisotopic (exact) mass is 218 g/mol. The highest BCUT2D eigenvalue weighted by molar-refractivity contribution is 5.32. The van der Waals surface area contributed by atoms with Gasteiger partial charge in [-0.25, -0.2) is 0 Å². The average molecular weight is 218 g/mol. The Balaban J connectivity index is 1.94. The molecule has 0 heterocycles. The van der Waals surface area contributed by atoms with Gasteiger partial charge in [0.05, 0.1) is 0 Å². The van der Waals surface area contributed by atoms with Crippen LogP contribution in [0.4, 0.5) is 0 Å². The van der Waals surface area contributed by atoms with Gasteiger partial charge in [0.15, 0.2) is 0 Å². The molecule has 1 nitrogen and oxygen atoms in total. The zero-order valence-corrected chi connectivity index (χ0v) is 9.99. The molecule has 1 saturated carbocycles. The number of benzene rings is 1. The lowest BCUT2D eigenvalue weighted by Gasteiger charge is -2.20. The molecule has 0 bridgehead atoms. The Morgan fingerprint density at radius 1 is 0.938 bits per heavy atom. The van der Waals surface area contributed by atoms with Crippen LogP contribution in [-0.4, -0.2) is 5.11 Å². The first-order valence-electron chi connectivity index (χ1n) is 6.63. The van der Waals surface area contributed by atoms with Crippen molar-refractivity contribution in [1.82, 2.24) is 0 Å². The predicted molar refractivity (Wildman–Crippen MR) is 67.6 cm³/mol. The van der Waals surface area contributed by atoms with Gasteiger partial charge >= 0.3 is 0 Å². The summed E-state index contributed by atoms with van der Waals surface area (Å²) in [6, 6.07) is 7.79. The van der Waals surface area contributed by atoms with E-state index in [1.165, 1.54) is 44.9 Å². The van der Waals surface area contributed by atoms with E-state index >= 15 is 0 Å². The summed E-state index contributed by atoms with van der Waals surface area (Å²) in [5.74, 6) is 1.26. The molecule has 1 heteroatoms. The molecule has 0 atom stereocenters. The summed E-state index contributed by atoms with van der Waals surface area (Å²) in [4.78, 5) is 0. The maximum Gasteiger partial charge on any atom is 0.118 e. The normalized spacial score (nSPS) is 19.0. The lowest BCUT2D eigenvalue weighted by molar-refractivity contribution is 0.370. The first kappa shape index (κ1) is 11.5. The molecule has 16 heavy (non-hydrogen) atoms. The van der Waals surface area contributed by atoms with Gasteiger partial charge in [-0.3, -0.25) is 0 Å². The second kappa shape index (κ2) is 5.93. The third-order valence-electron chi connectivity index (χ3n) is 3.72. The minimum atomic E-state index is 0.476. The highest BCUT2D eigenvalue weighted by atomic mass is 16.3. The largest absolute Gasteiger partial charge is 0.508 e. The van der Waals surface area contributed by atoms with E-state index in [0.717, 1.165) is 17.9 Å². The molecule has 1 aliphatic rings. The first-order chi connectivity index (χ1) is 7.86. The summed E-state index contributed by atoms with van der Waals surface area (Å²) in [7, 11) is 0. The molecule has 88 valence electrons. The Labute approximate surface area is 98.5 Å². The molecule has 0 radical (unpaired) electrons. The van der Waals surface area contributed by atoms with Crippen LogP contribution in [-0.2, 0) is 6.42 Å². The van der Waals surface area contributed by atoms with E-state index in [-0.39, 0.29) is 0 Å². The van der Waals surface area contributed by atoms with E-state index in [1.807, 2.05) is 12.1 Å². The molecule has 1 aromatic carbocycles. The van der Waals surface area contributed by atoms with Crippen molar-refractivity contribution in [2.45, 2.75) is 51.4 Å². The zero-order chi connectivity index (χ0) is 11.2. The van der Waals surface area contributed by atoms with Gasteiger partial charge in [-0.15, -0.1) is 0 Å². The quantitative estimate of drug-likeness (QED) is 0.785. The third kappa shape index (κ3) is 3.26. The Kier molecular flexibility index (Phi) is 4.26. The van der Waals surface area contributed by atoms with Crippen molar-refractivity contribution < 1.29 is 5.11 Å². The fraction of sp³-hybridized carbons (Fsp3) is 0.600. The Morgan fingerprint density at radius 3 is 2.25 bits per heavy atom. The Morgan fingerprint density at radius 2 is 1.56 bits per heavy atom. The Hall–Kier alpha value is -0.980. The second-order valence-electron chi connectivity index (χ2n) is 5.04. The van der Waals surface area contributed by atoms with Gasteiger partial charge in [0.25, 0.3) is 0 Å². The zero-order valence-electron chi connectivity index (χ0n) is 9.99. The van der Waals surface area contributed by atoms with Gasteiger partial charge in [0, 0.05) is 0 Å². The minimum absolute atomic E-state index is 0.476.